The molecule has 4 N–H and O–H groups in total. The van der Waals surface area contributed by atoms with Crippen molar-refractivity contribution in [2.45, 2.75) is 427 Å². The standard InChI is InChI=1S/C94H162N4O10/c1-7-13-19-25-31-37-43-49-55-61-71-103-85-77-83(78-86(104-72-62-56-50-44-38-32-26-20-14-8-2)89(85)107-75-65-59-53-47-41-35-29-23-17-11-5)93(101)97-95-91(99)81-67-69-82(70-68-81)92(100)96-98-94(102)84-79-87(105-73-63-57-51-45-39-33-27-21-15-9-3)90(108-76-66-60-54-48-42-36-30-24-18-12-6)88(80-84)106-74-64-58-52-46-40-34-28-22-16-10-4/h67-70,77-80H,7-66,71-76H2,1-6H3,(H,95,99)(H,96,100)(H,97,101)(H,98,102). The van der Waals surface area contributed by atoms with Crippen LogP contribution in [0.4, 0.5) is 0 Å². The number of rotatable bonds is 76. The van der Waals surface area contributed by atoms with Gasteiger partial charge in [0.1, 0.15) is 0 Å². The Balaban J connectivity index is 1.79. The highest BCUT2D eigenvalue weighted by Gasteiger charge is 2.23. The first-order valence-electron chi connectivity index (χ1n) is 45.6. The van der Waals surface area contributed by atoms with E-state index in [-0.39, 0.29) is 22.3 Å². The van der Waals surface area contributed by atoms with E-state index in [2.05, 4.69) is 63.2 Å². The van der Waals surface area contributed by atoms with Gasteiger partial charge >= 0.3 is 0 Å². The Morgan fingerprint density at radius 2 is 0.333 bits per heavy atom. The molecule has 0 aliphatic rings. The summed E-state index contributed by atoms with van der Waals surface area (Å²) in [5, 5.41) is 0. The number of hydrogen-bond acceptors (Lipinski definition) is 10. The molecule has 108 heavy (non-hydrogen) atoms. The summed E-state index contributed by atoms with van der Waals surface area (Å²) >= 11 is 0. The van der Waals surface area contributed by atoms with Crippen molar-refractivity contribution in [1.29, 1.82) is 0 Å². The van der Waals surface area contributed by atoms with E-state index in [1.165, 1.54) is 307 Å². The van der Waals surface area contributed by atoms with Crippen LogP contribution in [0.3, 0.4) is 0 Å². The number of benzene rings is 3. The molecule has 3 aromatic carbocycles. The van der Waals surface area contributed by atoms with Gasteiger partial charge in [-0.15, -0.1) is 0 Å². The highest BCUT2D eigenvalue weighted by Crippen LogP contribution is 2.41. The number of nitrogens with one attached hydrogen (secondary N) is 4. The molecule has 0 aromatic heterocycles. The van der Waals surface area contributed by atoms with Gasteiger partial charge in [0.25, 0.3) is 23.6 Å². The number of amides is 4. The summed E-state index contributed by atoms with van der Waals surface area (Å²) in [6.07, 6.45) is 72.7. The molecule has 0 aliphatic carbocycles. The molecule has 14 heteroatoms. The van der Waals surface area contributed by atoms with Crippen molar-refractivity contribution in [3.63, 3.8) is 0 Å². The van der Waals surface area contributed by atoms with Gasteiger partial charge in [0.05, 0.1) is 39.6 Å². The van der Waals surface area contributed by atoms with Gasteiger partial charge in [-0.05, 0) is 87.1 Å². The van der Waals surface area contributed by atoms with Crippen LogP contribution in [0.25, 0.3) is 0 Å². The Morgan fingerprint density at radius 3 is 0.500 bits per heavy atom. The van der Waals surface area contributed by atoms with Gasteiger partial charge in [-0.25, -0.2) is 0 Å². The smallest absolute Gasteiger partial charge is 0.269 e. The van der Waals surface area contributed by atoms with E-state index < -0.39 is 23.6 Å². The van der Waals surface area contributed by atoms with Gasteiger partial charge in [-0.2, -0.15) is 0 Å². The molecule has 0 atom stereocenters. The normalized spacial score (nSPS) is 11.2. The van der Waals surface area contributed by atoms with Crippen molar-refractivity contribution in [2.24, 2.45) is 0 Å². The molecular weight excluding hydrogens is 1350 g/mol. The van der Waals surface area contributed by atoms with Crippen LogP contribution in [0.5, 0.6) is 34.5 Å². The van der Waals surface area contributed by atoms with Gasteiger partial charge in [0.2, 0.25) is 11.5 Å². The number of unbranched alkanes of at least 4 members (excludes halogenated alkanes) is 54. The predicted octanol–water partition coefficient (Wildman–Crippen LogP) is 27.6. The third-order valence-electron chi connectivity index (χ3n) is 21.1. The minimum absolute atomic E-state index is 0.207. The Labute approximate surface area is 661 Å². The zero-order chi connectivity index (χ0) is 77.5. The van der Waals surface area contributed by atoms with E-state index in [0.29, 0.717) is 74.1 Å². The van der Waals surface area contributed by atoms with E-state index in [4.69, 9.17) is 28.4 Å². The molecule has 0 aliphatic heterocycles. The average molecular weight is 1510 g/mol. The summed E-state index contributed by atoms with van der Waals surface area (Å²) < 4.78 is 39.4. The number of hydrogen-bond donors (Lipinski definition) is 4. The third-order valence-corrected chi connectivity index (χ3v) is 21.1. The molecule has 14 nitrogen and oxygen atoms in total. The molecule has 3 rings (SSSR count). The fourth-order valence-electron chi connectivity index (χ4n) is 14.0. The molecule has 0 saturated heterocycles. The van der Waals surface area contributed by atoms with E-state index in [9.17, 15) is 19.2 Å². The Hall–Kier alpha value is -5.66. The molecular formula is C94H162N4O10. The Kier molecular flexibility index (Phi) is 63.0. The maximum atomic E-state index is 14.2. The zero-order valence-corrected chi connectivity index (χ0v) is 70.4. The zero-order valence-electron chi connectivity index (χ0n) is 70.4. The quantitative estimate of drug-likeness (QED) is 0.0315. The molecule has 3 aromatic rings. The van der Waals surface area contributed by atoms with Crippen LogP contribution in [0.2, 0.25) is 0 Å². The second kappa shape index (κ2) is 70.5. The summed E-state index contributed by atoms with van der Waals surface area (Å²) in [5.41, 5.74) is 11.4. The first-order valence-corrected chi connectivity index (χ1v) is 45.6. The maximum Gasteiger partial charge on any atom is 0.269 e. The van der Waals surface area contributed by atoms with Gasteiger partial charge in [0.15, 0.2) is 23.0 Å². The topological polar surface area (TPSA) is 172 Å². The third kappa shape index (κ3) is 50.3. The Bertz CT molecular complexity index is 2360. The number of carbonyl (C=O) groups is 4. The summed E-state index contributed by atoms with van der Waals surface area (Å²) in [6.45, 7) is 16.5. The van der Waals surface area contributed by atoms with Crippen LogP contribution >= 0.6 is 0 Å². The molecule has 618 valence electrons. The van der Waals surface area contributed by atoms with Crippen LogP contribution in [0.15, 0.2) is 48.5 Å². The van der Waals surface area contributed by atoms with Crippen molar-refractivity contribution in [3.8, 4) is 34.5 Å². The van der Waals surface area contributed by atoms with Gasteiger partial charge in [0, 0.05) is 22.3 Å². The van der Waals surface area contributed by atoms with Crippen LogP contribution in [0.1, 0.15) is 468 Å². The molecule has 0 radical (unpaired) electrons. The van der Waals surface area contributed by atoms with Crippen LogP contribution in [-0.4, -0.2) is 63.3 Å². The lowest BCUT2D eigenvalue weighted by Gasteiger charge is -2.19. The highest BCUT2D eigenvalue weighted by molar-refractivity contribution is 6.02. The van der Waals surface area contributed by atoms with Crippen molar-refractivity contribution in [2.75, 3.05) is 39.6 Å². The van der Waals surface area contributed by atoms with Crippen LogP contribution in [-0.2, 0) is 0 Å². The molecule has 0 unspecified atom stereocenters. The summed E-state index contributed by atoms with van der Waals surface area (Å²) in [5.74, 6) is 0.620. The van der Waals surface area contributed by atoms with Crippen LogP contribution < -0.4 is 50.1 Å². The minimum atomic E-state index is -0.580. The van der Waals surface area contributed by atoms with E-state index >= 15 is 0 Å². The lowest BCUT2D eigenvalue weighted by Crippen LogP contribution is -2.42. The molecule has 0 heterocycles. The van der Waals surface area contributed by atoms with E-state index in [1.54, 1.807) is 24.3 Å². The molecule has 4 amide bonds. The maximum absolute atomic E-state index is 14.2. The molecule has 0 spiro atoms. The van der Waals surface area contributed by atoms with Crippen LogP contribution in [0, 0.1) is 0 Å². The number of hydrazine groups is 2. The van der Waals surface area contributed by atoms with Crippen molar-refractivity contribution < 1.29 is 47.6 Å². The largest absolute Gasteiger partial charge is 0.490 e. The van der Waals surface area contributed by atoms with Crippen molar-refractivity contribution in [1.82, 2.24) is 21.7 Å². The lowest BCUT2D eigenvalue weighted by molar-refractivity contribution is 0.0844. The summed E-state index contributed by atoms with van der Waals surface area (Å²) in [6, 6.07) is 12.8. The summed E-state index contributed by atoms with van der Waals surface area (Å²) in [7, 11) is 0. The second-order valence-electron chi connectivity index (χ2n) is 31.2. The van der Waals surface area contributed by atoms with Crippen molar-refractivity contribution >= 4 is 23.6 Å². The summed E-state index contributed by atoms with van der Waals surface area (Å²) in [4.78, 5) is 55.9. The van der Waals surface area contributed by atoms with Gasteiger partial charge in [-0.3, -0.25) is 40.9 Å². The minimum Gasteiger partial charge on any atom is -0.490 e. The lowest BCUT2D eigenvalue weighted by atomic mass is 10.1. The number of ether oxygens (including phenoxy) is 6. The fraction of sp³-hybridized carbons (Fsp3) is 0.766. The van der Waals surface area contributed by atoms with E-state index in [1.807, 2.05) is 0 Å². The monoisotopic (exact) mass is 1510 g/mol. The second-order valence-corrected chi connectivity index (χ2v) is 31.2. The van der Waals surface area contributed by atoms with Gasteiger partial charge < -0.3 is 28.4 Å². The first kappa shape index (κ1) is 96.5. The molecule has 0 bridgehead atoms. The molecule has 0 saturated carbocycles. The first-order chi connectivity index (χ1) is 53.2. The van der Waals surface area contributed by atoms with E-state index in [0.717, 1.165) is 103 Å². The highest BCUT2D eigenvalue weighted by atomic mass is 16.5. The Morgan fingerprint density at radius 1 is 0.194 bits per heavy atom. The van der Waals surface area contributed by atoms with Gasteiger partial charge in [-0.1, -0.05) is 388 Å². The average Bonchev–Trinajstić information content (AvgIpc) is 0.822. The predicted molar refractivity (Wildman–Crippen MR) is 453 cm³/mol. The SMILES string of the molecule is CCCCCCCCCCCCOc1cc(C(=O)NNC(=O)c2ccc(C(=O)NNC(=O)c3cc(OCCCCCCCCCCCC)c(OCCCCCCCCCCCC)c(OCCCCCCCCCCCC)c3)cc2)cc(OCCCCCCCCCCCC)c1OCCCCCCCCCCCC. The molecule has 0 fully saturated rings. The number of carbonyl (C=O) groups excluding carboxylic acids is 4. The van der Waals surface area contributed by atoms with Crippen molar-refractivity contribution in [3.05, 3.63) is 70.8 Å². The fourth-order valence-corrected chi connectivity index (χ4v) is 14.0.